The van der Waals surface area contributed by atoms with Crippen LogP contribution in [0.4, 0.5) is 5.82 Å². The standard InChI is InChI=1S/C14H15N3O/c1-3-17(10-13-5-4-8-18-13)14-12(9-15)7-6-11(2)16-14/h4-8H,3,10H2,1-2H3. The summed E-state index contributed by atoms with van der Waals surface area (Å²) >= 11 is 0. The van der Waals surface area contributed by atoms with Gasteiger partial charge >= 0.3 is 0 Å². The first kappa shape index (κ1) is 12.2. The highest BCUT2D eigenvalue weighted by Crippen LogP contribution is 2.20. The molecule has 2 rings (SSSR count). The molecule has 0 N–H and O–H groups in total. The number of pyridine rings is 1. The van der Waals surface area contributed by atoms with Crippen molar-refractivity contribution in [3.8, 4) is 6.07 Å². The maximum atomic E-state index is 9.14. The summed E-state index contributed by atoms with van der Waals surface area (Å²) in [5.74, 6) is 1.58. The molecule has 0 aliphatic rings. The van der Waals surface area contributed by atoms with E-state index in [4.69, 9.17) is 9.68 Å². The molecular formula is C14H15N3O. The summed E-state index contributed by atoms with van der Waals surface area (Å²) in [6.07, 6.45) is 1.65. The zero-order chi connectivity index (χ0) is 13.0. The van der Waals surface area contributed by atoms with Gasteiger partial charge in [-0.05, 0) is 38.1 Å². The minimum absolute atomic E-state index is 0.592. The van der Waals surface area contributed by atoms with Gasteiger partial charge in [0.1, 0.15) is 17.6 Å². The van der Waals surface area contributed by atoms with Gasteiger partial charge in [-0.15, -0.1) is 0 Å². The lowest BCUT2D eigenvalue weighted by molar-refractivity contribution is 0.502. The Hall–Kier alpha value is -2.28. The van der Waals surface area contributed by atoms with Gasteiger partial charge in [0, 0.05) is 12.2 Å². The highest BCUT2D eigenvalue weighted by atomic mass is 16.3. The van der Waals surface area contributed by atoms with Crippen molar-refractivity contribution in [2.75, 3.05) is 11.4 Å². The number of nitrogens with zero attached hydrogens (tertiary/aromatic N) is 3. The van der Waals surface area contributed by atoms with Crippen LogP contribution < -0.4 is 4.90 Å². The van der Waals surface area contributed by atoms with Crippen molar-refractivity contribution in [2.45, 2.75) is 20.4 Å². The van der Waals surface area contributed by atoms with Gasteiger partial charge < -0.3 is 9.32 Å². The van der Waals surface area contributed by atoms with Gasteiger partial charge in [0.15, 0.2) is 0 Å². The van der Waals surface area contributed by atoms with Crippen LogP contribution in [0.2, 0.25) is 0 Å². The summed E-state index contributed by atoms with van der Waals surface area (Å²) in [5, 5.41) is 9.14. The average molecular weight is 241 g/mol. The lowest BCUT2D eigenvalue weighted by Gasteiger charge is -2.22. The second-order valence-corrected chi connectivity index (χ2v) is 4.03. The quantitative estimate of drug-likeness (QED) is 0.825. The molecule has 2 aromatic heterocycles. The van der Waals surface area contributed by atoms with Crippen LogP contribution in [-0.2, 0) is 6.54 Å². The van der Waals surface area contributed by atoms with Crippen molar-refractivity contribution in [3.63, 3.8) is 0 Å². The first-order chi connectivity index (χ1) is 8.74. The molecule has 2 aromatic rings. The summed E-state index contributed by atoms with van der Waals surface area (Å²) in [5.41, 5.74) is 1.50. The van der Waals surface area contributed by atoms with Crippen molar-refractivity contribution in [1.29, 1.82) is 5.26 Å². The van der Waals surface area contributed by atoms with Gasteiger partial charge in [0.2, 0.25) is 0 Å². The SMILES string of the molecule is CCN(Cc1ccco1)c1nc(C)ccc1C#N. The van der Waals surface area contributed by atoms with E-state index in [2.05, 4.69) is 11.1 Å². The topological polar surface area (TPSA) is 53.1 Å². The normalized spacial score (nSPS) is 10.1. The van der Waals surface area contributed by atoms with Gasteiger partial charge in [0.05, 0.1) is 18.4 Å². The monoisotopic (exact) mass is 241 g/mol. The summed E-state index contributed by atoms with van der Waals surface area (Å²) in [7, 11) is 0. The number of nitriles is 1. The second-order valence-electron chi connectivity index (χ2n) is 4.03. The predicted octanol–water partition coefficient (Wildman–Crippen LogP) is 2.88. The van der Waals surface area contributed by atoms with Crippen LogP contribution in [0.5, 0.6) is 0 Å². The Balaban J connectivity index is 2.32. The Bertz CT molecular complexity index is 555. The Morgan fingerprint density at radius 3 is 2.83 bits per heavy atom. The number of furan rings is 1. The van der Waals surface area contributed by atoms with E-state index in [1.165, 1.54) is 0 Å². The van der Waals surface area contributed by atoms with Crippen LogP contribution in [0, 0.1) is 18.3 Å². The Morgan fingerprint density at radius 2 is 2.22 bits per heavy atom. The first-order valence-corrected chi connectivity index (χ1v) is 5.89. The third-order valence-electron chi connectivity index (χ3n) is 2.74. The van der Waals surface area contributed by atoms with Crippen molar-refractivity contribution < 1.29 is 4.42 Å². The van der Waals surface area contributed by atoms with E-state index in [0.29, 0.717) is 12.1 Å². The molecule has 0 aliphatic carbocycles. The van der Waals surface area contributed by atoms with Crippen molar-refractivity contribution in [1.82, 2.24) is 4.98 Å². The number of hydrogen-bond acceptors (Lipinski definition) is 4. The lowest BCUT2D eigenvalue weighted by Crippen LogP contribution is -2.24. The molecule has 4 heteroatoms. The minimum Gasteiger partial charge on any atom is -0.467 e. The van der Waals surface area contributed by atoms with Crippen molar-refractivity contribution in [2.24, 2.45) is 0 Å². The molecule has 0 unspecified atom stereocenters. The number of rotatable bonds is 4. The van der Waals surface area contributed by atoms with E-state index in [9.17, 15) is 0 Å². The molecule has 0 fully saturated rings. The summed E-state index contributed by atoms with van der Waals surface area (Å²) in [4.78, 5) is 6.49. The fourth-order valence-electron chi connectivity index (χ4n) is 1.80. The van der Waals surface area contributed by atoms with Gasteiger partial charge in [0.25, 0.3) is 0 Å². The number of aromatic nitrogens is 1. The summed E-state index contributed by atoms with van der Waals surface area (Å²) in [6.45, 7) is 5.35. The van der Waals surface area contributed by atoms with Crippen LogP contribution in [0.3, 0.4) is 0 Å². The van der Waals surface area contributed by atoms with E-state index in [-0.39, 0.29) is 0 Å². The molecule has 18 heavy (non-hydrogen) atoms. The number of anilines is 1. The molecule has 2 heterocycles. The molecular weight excluding hydrogens is 226 g/mol. The van der Waals surface area contributed by atoms with E-state index < -0.39 is 0 Å². The predicted molar refractivity (Wildman–Crippen MR) is 69.1 cm³/mol. The van der Waals surface area contributed by atoms with Crippen LogP contribution in [0.1, 0.15) is 23.9 Å². The van der Waals surface area contributed by atoms with Crippen molar-refractivity contribution >= 4 is 5.82 Å². The molecule has 0 aromatic carbocycles. The third-order valence-corrected chi connectivity index (χ3v) is 2.74. The Kier molecular flexibility index (Phi) is 3.63. The van der Waals surface area contributed by atoms with E-state index in [0.717, 1.165) is 23.8 Å². The highest BCUT2D eigenvalue weighted by molar-refractivity contribution is 5.54. The summed E-state index contributed by atoms with van der Waals surface area (Å²) in [6, 6.07) is 9.62. The molecule has 0 spiro atoms. The van der Waals surface area contributed by atoms with Crippen LogP contribution in [0.15, 0.2) is 34.9 Å². The van der Waals surface area contributed by atoms with Gasteiger partial charge in [-0.25, -0.2) is 4.98 Å². The first-order valence-electron chi connectivity index (χ1n) is 5.89. The minimum atomic E-state index is 0.592. The largest absolute Gasteiger partial charge is 0.467 e. The smallest absolute Gasteiger partial charge is 0.147 e. The zero-order valence-electron chi connectivity index (χ0n) is 10.6. The molecule has 4 nitrogen and oxygen atoms in total. The molecule has 92 valence electrons. The molecule has 0 radical (unpaired) electrons. The lowest BCUT2D eigenvalue weighted by atomic mass is 10.2. The number of aryl methyl sites for hydroxylation is 1. The fraction of sp³-hybridized carbons (Fsp3) is 0.286. The fourth-order valence-corrected chi connectivity index (χ4v) is 1.80. The Labute approximate surface area is 106 Å². The highest BCUT2D eigenvalue weighted by Gasteiger charge is 2.13. The van der Waals surface area contributed by atoms with Crippen molar-refractivity contribution in [3.05, 3.63) is 47.5 Å². The summed E-state index contributed by atoms with van der Waals surface area (Å²) < 4.78 is 5.34. The van der Waals surface area contributed by atoms with E-state index in [1.54, 1.807) is 6.26 Å². The van der Waals surface area contributed by atoms with E-state index >= 15 is 0 Å². The molecule has 0 aliphatic heterocycles. The second kappa shape index (κ2) is 5.37. The molecule has 0 saturated carbocycles. The molecule has 0 saturated heterocycles. The molecule has 0 atom stereocenters. The van der Waals surface area contributed by atoms with Crippen LogP contribution in [-0.4, -0.2) is 11.5 Å². The Morgan fingerprint density at radius 1 is 1.39 bits per heavy atom. The average Bonchev–Trinajstić information content (AvgIpc) is 2.88. The van der Waals surface area contributed by atoms with Gasteiger partial charge in [-0.2, -0.15) is 5.26 Å². The number of hydrogen-bond donors (Lipinski definition) is 0. The van der Waals surface area contributed by atoms with E-state index in [1.807, 2.05) is 43.0 Å². The molecule has 0 amide bonds. The zero-order valence-corrected chi connectivity index (χ0v) is 10.6. The van der Waals surface area contributed by atoms with Gasteiger partial charge in [-0.1, -0.05) is 0 Å². The van der Waals surface area contributed by atoms with Crippen LogP contribution >= 0.6 is 0 Å². The van der Waals surface area contributed by atoms with Crippen LogP contribution in [0.25, 0.3) is 0 Å². The maximum absolute atomic E-state index is 9.14. The van der Waals surface area contributed by atoms with Gasteiger partial charge in [-0.3, -0.25) is 0 Å². The molecule has 0 bridgehead atoms. The third kappa shape index (κ3) is 2.51. The maximum Gasteiger partial charge on any atom is 0.147 e.